The number of hydrogen-bond donors (Lipinski definition) is 1. The monoisotopic (exact) mass is 302 g/mol. The van der Waals surface area contributed by atoms with Crippen LogP contribution in [0.4, 0.5) is 5.69 Å². The van der Waals surface area contributed by atoms with Gasteiger partial charge < -0.3 is 10.2 Å². The summed E-state index contributed by atoms with van der Waals surface area (Å²) in [5, 5.41) is 4.22. The molecule has 2 rings (SSSR count). The van der Waals surface area contributed by atoms with Gasteiger partial charge in [-0.05, 0) is 48.9 Å². The van der Waals surface area contributed by atoms with Crippen LogP contribution in [0, 0.1) is 0 Å². The van der Waals surface area contributed by atoms with E-state index in [1.165, 1.54) is 16.8 Å². The normalized spacial score (nSPS) is 12.2. The molecule has 0 bridgehead atoms. The molecule has 0 aliphatic carbocycles. The summed E-state index contributed by atoms with van der Waals surface area (Å²) in [7, 11) is 2.10. The number of hydrogen-bond acceptors (Lipinski definition) is 2. The van der Waals surface area contributed by atoms with Crippen LogP contribution >= 0.6 is 11.6 Å². The lowest BCUT2D eigenvalue weighted by atomic mass is 10.1. The van der Waals surface area contributed by atoms with Crippen molar-refractivity contribution in [3.05, 3.63) is 64.7 Å². The Bertz CT molecular complexity index is 566. The Balaban J connectivity index is 2.04. The number of halogens is 1. The minimum atomic E-state index is 0.391. The van der Waals surface area contributed by atoms with E-state index >= 15 is 0 Å². The highest BCUT2D eigenvalue weighted by molar-refractivity contribution is 6.30. The van der Waals surface area contributed by atoms with Gasteiger partial charge in [0.2, 0.25) is 0 Å². The molecular weight excluding hydrogens is 280 g/mol. The third kappa shape index (κ3) is 4.48. The van der Waals surface area contributed by atoms with Gasteiger partial charge in [0.25, 0.3) is 0 Å². The third-order valence-corrected chi connectivity index (χ3v) is 3.89. The molecule has 1 atom stereocenters. The molecular formula is C18H23ClN2. The zero-order valence-electron chi connectivity index (χ0n) is 12.9. The second kappa shape index (κ2) is 7.48. The maximum atomic E-state index is 6.03. The van der Waals surface area contributed by atoms with Crippen LogP contribution in [0.15, 0.2) is 48.5 Å². The van der Waals surface area contributed by atoms with Gasteiger partial charge in [-0.3, -0.25) is 0 Å². The quantitative estimate of drug-likeness (QED) is 0.836. The van der Waals surface area contributed by atoms with E-state index < -0.39 is 0 Å². The molecule has 3 heteroatoms. The Morgan fingerprint density at radius 2 is 1.86 bits per heavy atom. The van der Waals surface area contributed by atoms with Crippen molar-refractivity contribution < 1.29 is 0 Å². The molecule has 21 heavy (non-hydrogen) atoms. The van der Waals surface area contributed by atoms with Crippen molar-refractivity contribution in [2.24, 2.45) is 0 Å². The molecule has 0 heterocycles. The largest absolute Gasteiger partial charge is 0.370 e. The number of benzene rings is 2. The van der Waals surface area contributed by atoms with E-state index in [1.807, 2.05) is 18.2 Å². The average Bonchev–Trinajstić information content (AvgIpc) is 2.47. The lowest BCUT2D eigenvalue weighted by Crippen LogP contribution is -2.18. The van der Waals surface area contributed by atoms with E-state index in [4.69, 9.17) is 11.6 Å². The van der Waals surface area contributed by atoms with Gasteiger partial charge in [-0.1, -0.05) is 42.8 Å². The molecule has 0 radical (unpaired) electrons. The Kier molecular flexibility index (Phi) is 5.66. The molecule has 0 aliphatic heterocycles. The summed E-state index contributed by atoms with van der Waals surface area (Å²) in [5.74, 6) is 0. The fraction of sp³-hybridized carbons (Fsp3) is 0.333. The van der Waals surface area contributed by atoms with Crippen LogP contribution in [0.25, 0.3) is 0 Å². The second-order valence-corrected chi connectivity index (χ2v) is 5.79. The van der Waals surface area contributed by atoms with Crippen LogP contribution in [0.2, 0.25) is 5.02 Å². The summed E-state index contributed by atoms with van der Waals surface area (Å²) in [4.78, 5) is 2.23. The molecule has 0 aromatic heterocycles. The van der Waals surface area contributed by atoms with Crippen molar-refractivity contribution in [2.75, 3.05) is 18.5 Å². The predicted octanol–water partition coefficient (Wildman–Crippen LogP) is 4.65. The maximum absolute atomic E-state index is 6.03. The van der Waals surface area contributed by atoms with Gasteiger partial charge in [-0.2, -0.15) is 0 Å². The van der Waals surface area contributed by atoms with Gasteiger partial charge in [0.1, 0.15) is 0 Å². The fourth-order valence-electron chi connectivity index (χ4n) is 2.44. The van der Waals surface area contributed by atoms with Crippen LogP contribution in [0.1, 0.15) is 31.0 Å². The molecule has 0 spiro atoms. The standard InChI is InChI=1S/C18H23ClN2/c1-4-20-14(2)16-8-10-18(11-9-16)21(3)13-15-6-5-7-17(19)12-15/h5-12,14,20H,4,13H2,1-3H3. The Labute approximate surface area is 132 Å². The van der Waals surface area contributed by atoms with Crippen LogP contribution in [-0.2, 0) is 6.54 Å². The molecule has 2 aromatic rings. The van der Waals surface area contributed by atoms with Crippen molar-refractivity contribution in [2.45, 2.75) is 26.4 Å². The van der Waals surface area contributed by atoms with Crippen LogP contribution in [-0.4, -0.2) is 13.6 Å². The summed E-state index contributed by atoms with van der Waals surface area (Å²) in [5.41, 5.74) is 3.74. The Morgan fingerprint density at radius 1 is 1.14 bits per heavy atom. The third-order valence-electron chi connectivity index (χ3n) is 3.65. The molecule has 1 N–H and O–H groups in total. The lowest BCUT2D eigenvalue weighted by Gasteiger charge is -2.21. The highest BCUT2D eigenvalue weighted by Gasteiger charge is 2.06. The van der Waals surface area contributed by atoms with Crippen molar-refractivity contribution in [3.63, 3.8) is 0 Å². The average molecular weight is 303 g/mol. The first-order chi connectivity index (χ1) is 10.1. The first kappa shape index (κ1) is 15.9. The Hall–Kier alpha value is -1.51. The van der Waals surface area contributed by atoms with Crippen molar-refractivity contribution in [3.8, 4) is 0 Å². The summed E-state index contributed by atoms with van der Waals surface area (Å²) in [6.07, 6.45) is 0. The minimum absolute atomic E-state index is 0.391. The van der Waals surface area contributed by atoms with Gasteiger partial charge in [0, 0.05) is 30.3 Å². The summed E-state index contributed by atoms with van der Waals surface area (Å²) in [6.45, 7) is 6.15. The molecule has 0 saturated carbocycles. The van der Waals surface area contributed by atoms with Gasteiger partial charge in [-0.15, -0.1) is 0 Å². The van der Waals surface area contributed by atoms with E-state index in [-0.39, 0.29) is 0 Å². The summed E-state index contributed by atoms with van der Waals surface area (Å²) < 4.78 is 0. The molecule has 2 aromatic carbocycles. The smallest absolute Gasteiger partial charge is 0.0426 e. The molecule has 1 unspecified atom stereocenters. The predicted molar refractivity (Wildman–Crippen MR) is 92.1 cm³/mol. The highest BCUT2D eigenvalue weighted by atomic mass is 35.5. The molecule has 112 valence electrons. The fourth-order valence-corrected chi connectivity index (χ4v) is 2.65. The second-order valence-electron chi connectivity index (χ2n) is 5.36. The zero-order valence-corrected chi connectivity index (χ0v) is 13.7. The topological polar surface area (TPSA) is 15.3 Å². The van der Waals surface area contributed by atoms with E-state index in [0.717, 1.165) is 18.1 Å². The minimum Gasteiger partial charge on any atom is -0.370 e. The first-order valence-corrected chi connectivity index (χ1v) is 7.77. The van der Waals surface area contributed by atoms with Crippen LogP contribution in [0.5, 0.6) is 0 Å². The van der Waals surface area contributed by atoms with Gasteiger partial charge in [0.15, 0.2) is 0 Å². The van der Waals surface area contributed by atoms with Crippen LogP contribution in [0.3, 0.4) is 0 Å². The van der Waals surface area contributed by atoms with E-state index in [1.54, 1.807) is 0 Å². The first-order valence-electron chi connectivity index (χ1n) is 7.39. The summed E-state index contributed by atoms with van der Waals surface area (Å²) >= 11 is 6.03. The number of rotatable bonds is 6. The molecule has 2 nitrogen and oxygen atoms in total. The lowest BCUT2D eigenvalue weighted by molar-refractivity contribution is 0.598. The van der Waals surface area contributed by atoms with Gasteiger partial charge in [-0.25, -0.2) is 0 Å². The number of anilines is 1. The highest BCUT2D eigenvalue weighted by Crippen LogP contribution is 2.20. The zero-order chi connectivity index (χ0) is 15.2. The SMILES string of the molecule is CCNC(C)c1ccc(N(C)Cc2cccc(Cl)c2)cc1. The van der Waals surface area contributed by atoms with Crippen molar-refractivity contribution >= 4 is 17.3 Å². The van der Waals surface area contributed by atoms with E-state index in [0.29, 0.717) is 6.04 Å². The Morgan fingerprint density at radius 3 is 2.48 bits per heavy atom. The molecule has 0 fully saturated rings. The van der Waals surface area contributed by atoms with Crippen molar-refractivity contribution in [1.82, 2.24) is 5.32 Å². The van der Waals surface area contributed by atoms with Crippen molar-refractivity contribution in [1.29, 1.82) is 0 Å². The van der Waals surface area contributed by atoms with Crippen LogP contribution < -0.4 is 10.2 Å². The number of nitrogens with zero attached hydrogens (tertiary/aromatic N) is 1. The van der Waals surface area contributed by atoms with Gasteiger partial charge >= 0.3 is 0 Å². The number of nitrogens with one attached hydrogen (secondary N) is 1. The molecule has 0 amide bonds. The maximum Gasteiger partial charge on any atom is 0.0426 e. The van der Waals surface area contributed by atoms with E-state index in [2.05, 4.69) is 61.4 Å². The molecule has 0 aliphatic rings. The summed E-state index contributed by atoms with van der Waals surface area (Å²) in [6, 6.07) is 17.1. The van der Waals surface area contributed by atoms with E-state index in [9.17, 15) is 0 Å². The molecule has 0 saturated heterocycles. The van der Waals surface area contributed by atoms with Gasteiger partial charge in [0.05, 0.1) is 0 Å².